The topological polar surface area (TPSA) is 87.2 Å². The Morgan fingerprint density at radius 3 is 2.41 bits per heavy atom. The Morgan fingerprint density at radius 1 is 1.06 bits per heavy atom. The molecule has 166 valence electrons. The van der Waals surface area contributed by atoms with Crippen molar-refractivity contribution in [1.29, 1.82) is 0 Å². The van der Waals surface area contributed by atoms with E-state index >= 15 is 0 Å². The van der Waals surface area contributed by atoms with Gasteiger partial charge in [0.1, 0.15) is 11.0 Å². The van der Waals surface area contributed by atoms with E-state index in [1.807, 2.05) is 73.6 Å². The Bertz CT molecular complexity index is 1060. The Labute approximate surface area is 191 Å². The van der Waals surface area contributed by atoms with Crippen molar-refractivity contribution in [3.63, 3.8) is 0 Å². The van der Waals surface area contributed by atoms with Gasteiger partial charge in [-0.3, -0.25) is 14.9 Å². The van der Waals surface area contributed by atoms with Crippen LogP contribution in [0, 0.1) is 5.92 Å². The summed E-state index contributed by atoms with van der Waals surface area (Å²) in [5.41, 5.74) is 3.02. The van der Waals surface area contributed by atoms with E-state index in [9.17, 15) is 9.59 Å². The Kier molecular flexibility index (Phi) is 6.80. The van der Waals surface area contributed by atoms with Crippen molar-refractivity contribution >= 4 is 34.0 Å². The maximum atomic E-state index is 13.1. The Balaban J connectivity index is 1.45. The molecule has 4 rings (SSSR count). The summed E-state index contributed by atoms with van der Waals surface area (Å²) in [4.78, 5) is 27.6. The van der Waals surface area contributed by atoms with Crippen molar-refractivity contribution in [2.24, 2.45) is 5.92 Å². The molecule has 1 unspecified atom stereocenters. The Hall–Kier alpha value is -3.26. The first kappa shape index (κ1) is 22.0. The molecule has 2 amide bonds. The molecule has 2 aromatic carbocycles. The second kappa shape index (κ2) is 9.91. The lowest BCUT2D eigenvalue weighted by Crippen LogP contribution is -2.48. The smallest absolute Gasteiger partial charge is 0.249 e. The molecule has 2 N–H and O–H groups in total. The number of nitrogens with zero attached hydrogens (tertiary/aromatic N) is 3. The number of carbonyl (C=O) groups excluding carboxylic acids is 2. The van der Waals surface area contributed by atoms with Crippen LogP contribution in [-0.2, 0) is 16.0 Å². The van der Waals surface area contributed by atoms with Gasteiger partial charge in [-0.1, -0.05) is 48.1 Å². The third-order valence-electron chi connectivity index (χ3n) is 5.68. The standard InChI is InChI=1S/C24H27N5O2S/c1-29(2)19-13-11-18(12-14-19)23-27-28-24(32-23)26-22(31)20(15-16-7-4-3-5-8-16)25-21(30)17-9-6-10-17/h3-5,7-8,11-14,17,20H,6,9-10,15H2,1-2H3,(H,25,30)(H,26,28,31). The summed E-state index contributed by atoms with van der Waals surface area (Å²) in [5.74, 6) is -0.321. The highest BCUT2D eigenvalue weighted by atomic mass is 32.1. The van der Waals surface area contributed by atoms with E-state index in [0.29, 0.717) is 11.6 Å². The van der Waals surface area contributed by atoms with E-state index in [0.717, 1.165) is 41.1 Å². The van der Waals surface area contributed by atoms with Crippen molar-refractivity contribution in [2.45, 2.75) is 31.7 Å². The summed E-state index contributed by atoms with van der Waals surface area (Å²) < 4.78 is 0. The van der Waals surface area contributed by atoms with Crippen LogP contribution in [0.25, 0.3) is 10.6 Å². The quantitative estimate of drug-likeness (QED) is 0.547. The van der Waals surface area contributed by atoms with Crippen molar-refractivity contribution < 1.29 is 9.59 Å². The molecule has 0 saturated heterocycles. The largest absolute Gasteiger partial charge is 0.378 e. The van der Waals surface area contributed by atoms with Gasteiger partial charge in [0.25, 0.3) is 0 Å². The van der Waals surface area contributed by atoms with Gasteiger partial charge in [-0.2, -0.15) is 0 Å². The second-order valence-electron chi connectivity index (χ2n) is 8.22. The molecular formula is C24H27N5O2S. The molecule has 1 saturated carbocycles. The molecule has 32 heavy (non-hydrogen) atoms. The minimum absolute atomic E-state index is 0.0133. The van der Waals surface area contributed by atoms with Gasteiger partial charge in [0.15, 0.2) is 0 Å². The van der Waals surface area contributed by atoms with Gasteiger partial charge in [0.2, 0.25) is 16.9 Å². The summed E-state index contributed by atoms with van der Waals surface area (Å²) in [5, 5.41) is 15.3. The van der Waals surface area contributed by atoms with Crippen LogP contribution in [0.3, 0.4) is 0 Å². The fraction of sp³-hybridized carbons (Fsp3) is 0.333. The summed E-state index contributed by atoms with van der Waals surface area (Å²) in [7, 11) is 3.98. The molecule has 1 fully saturated rings. The number of nitrogens with one attached hydrogen (secondary N) is 2. The average molecular weight is 450 g/mol. The molecule has 3 aromatic rings. The number of hydrogen-bond donors (Lipinski definition) is 2. The van der Waals surface area contributed by atoms with Gasteiger partial charge < -0.3 is 10.2 Å². The molecule has 0 radical (unpaired) electrons. The van der Waals surface area contributed by atoms with E-state index in [1.165, 1.54) is 11.3 Å². The highest BCUT2D eigenvalue weighted by molar-refractivity contribution is 7.18. The van der Waals surface area contributed by atoms with Crippen LogP contribution in [0.5, 0.6) is 0 Å². The molecule has 0 aliphatic heterocycles. The second-order valence-corrected chi connectivity index (χ2v) is 9.20. The van der Waals surface area contributed by atoms with Gasteiger partial charge in [-0.25, -0.2) is 0 Å². The average Bonchev–Trinajstić information content (AvgIpc) is 3.21. The first-order valence-electron chi connectivity index (χ1n) is 10.8. The maximum Gasteiger partial charge on any atom is 0.249 e. The van der Waals surface area contributed by atoms with Crippen molar-refractivity contribution in [3.8, 4) is 10.6 Å². The molecule has 0 bridgehead atoms. The number of hydrogen-bond acceptors (Lipinski definition) is 6. The normalized spacial score (nSPS) is 14.3. The van der Waals surface area contributed by atoms with E-state index in [4.69, 9.17) is 0 Å². The molecular weight excluding hydrogens is 422 g/mol. The number of aromatic nitrogens is 2. The van der Waals surface area contributed by atoms with Crippen molar-refractivity contribution in [3.05, 3.63) is 60.2 Å². The molecule has 8 heteroatoms. The van der Waals surface area contributed by atoms with Gasteiger partial charge in [-0.05, 0) is 42.7 Å². The van der Waals surface area contributed by atoms with E-state index in [-0.39, 0.29) is 17.7 Å². The van der Waals surface area contributed by atoms with Crippen LogP contribution in [0.1, 0.15) is 24.8 Å². The lowest BCUT2D eigenvalue weighted by atomic mass is 9.84. The first-order valence-corrected chi connectivity index (χ1v) is 11.6. The predicted molar refractivity (Wildman–Crippen MR) is 128 cm³/mol. The fourth-order valence-electron chi connectivity index (χ4n) is 3.50. The van der Waals surface area contributed by atoms with Gasteiger partial charge in [0, 0.05) is 37.7 Å². The third kappa shape index (κ3) is 5.31. The zero-order chi connectivity index (χ0) is 22.5. The SMILES string of the molecule is CN(C)c1ccc(-c2nnc(NC(=O)C(Cc3ccccc3)NC(=O)C3CCC3)s2)cc1. The third-order valence-corrected chi connectivity index (χ3v) is 6.57. The maximum absolute atomic E-state index is 13.1. The molecule has 1 atom stereocenters. The van der Waals surface area contributed by atoms with Gasteiger partial charge in [0.05, 0.1) is 0 Å². The Morgan fingerprint density at radius 2 is 1.78 bits per heavy atom. The summed E-state index contributed by atoms with van der Waals surface area (Å²) in [6, 6.07) is 17.0. The number of benzene rings is 2. The molecule has 7 nitrogen and oxygen atoms in total. The van der Waals surface area contributed by atoms with E-state index in [2.05, 4.69) is 20.8 Å². The van der Waals surface area contributed by atoms with Gasteiger partial charge >= 0.3 is 0 Å². The van der Waals surface area contributed by atoms with Crippen LogP contribution in [0.4, 0.5) is 10.8 Å². The first-order chi connectivity index (χ1) is 15.5. The van der Waals surface area contributed by atoms with Crippen LogP contribution in [-0.4, -0.2) is 42.1 Å². The van der Waals surface area contributed by atoms with Crippen LogP contribution < -0.4 is 15.5 Å². The molecule has 1 aliphatic rings. The zero-order valence-electron chi connectivity index (χ0n) is 18.2. The van der Waals surface area contributed by atoms with Gasteiger partial charge in [-0.15, -0.1) is 10.2 Å². The minimum Gasteiger partial charge on any atom is -0.378 e. The van der Waals surface area contributed by atoms with Crippen LogP contribution in [0.15, 0.2) is 54.6 Å². The predicted octanol–water partition coefficient (Wildman–Crippen LogP) is 3.74. The lowest BCUT2D eigenvalue weighted by Gasteiger charge is -2.27. The number of anilines is 2. The minimum atomic E-state index is -0.669. The monoisotopic (exact) mass is 449 g/mol. The number of amides is 2. The summed E-state index contributed by atoms with van der Waals surface area (Å²) in [6.45, 7) is 0. The highest BCUT2D eigenvalue weighted by Crippen LogP contribution is 2.28. The molecule has 0 spiro atoms. The lowest BCUT2D eigenvalue weighted by molar-refractivity contribution is -0.131. The molecule has 1 heterocycles. The van der Waals surface area contributed by atoms with Crippen molar-refractivity contribution in [1.82, 2.24) is 15.5 Å². The zero-order valence-corrected chi connectivity index (χ0v) is 19.1. The summed E-state index contributed by atoms with van der Waals surface area (Å²) >= 11 is 1.31. The molecule has 1 aliphatic carbocycles. The van der Waals surface area contributed by atoms with E-state index < -0.39 is 6.04 Å². The molecule has 1 aromatic heterocycles. The van der Waals surface area contributed by atoms with Crippen molar-refractivity contribution in [2.75, 3.05) is 24.3 Å². The summed E-state index contributed by atoms with van der Waals surface area (Å²) in [6.07, 6.45) is 3.26. The van der Waals surface area contributed by atoms with Crippen LogP contribution in [0.2, 0.25) is 0 Å². The fourth-order valence-corrected chi connectivity index (χ4v) is 4.26. The number of rotatable bonds is 8. The number of carbonyl (C=O) groups is 2. The van der Waals surface area contributed by atoms with E-state index in [1.54, 1.807) is 0 Å². The van der Waals surface area contributed by atoms with Crippen LogP contribution >= 0.6 is 11.3 Å². The highest BCUT2D eigenvalue weighted by Gasteiger charge is 2.29.